The summed E-state index contributed by atoms with van der Waals surface area (Å²) >= 11 is 0. The van der Waals surface area contributed by atoms with Crippen molar-refractivity contribution >= 4 is 16.0 Å². The molecular weight excluding hydrogens is 322 g/mol. The molecule has 0 aliphatic carbocycles. The third-order valence-corrected chi connectivity index (χ3v) is 6.34. The van der Waals surface area contributed by atoms with Crippen molar-refractivity contribution in [2.45, 2.75) is 44.2 Å². The fourth-order valence-electron chi connectivity index (χ4n) is 3.22. The molecule has 0 unspecified atom stereocenters. The van der Waals surface area contributed by atoms with Crippen molar-refractivity contribution in [1.29, 1.82) is 0 Å². The second kappa shape index (κ2) is 6.21. The van der Waals surface area contributed by atoms with E-state index >= 15 is 0 Å². The minimum absolute atomic E-state index is 0.0298. The van der Waals surface area contributed by atoms with Gasteiger partial charge in [0.05, 0.1) is 11.8 Å². The molecule has 2 atom stereocenters. The lowest BCUT2D eigenvalue weighted by molar-refractivity contribution is -0.161. The second-order valence-corrected chi connectivity index (χ2v) is 7.99. The highest BCUT2D eigenvalue weighted by molar-refractivity contribution is 7.89. The van der Waals surface area contributed by atoms with Gasteiger partial charge in [0, 0.05) is 20.1 Å². The van der Waals surface area contributed by atoms with Gasteiger partial charge in [-0.15, -0.1) is 0 Å². The normalized spacial score (nSPS) is 26.3. The van der Waals surface area contributed by atoms with E-state index in [1.165, 1.54) is 17.8 Å². The highest BCUT2D eigenvalue weighted by atomic mass is 32.2. The summed E-state index contributed by atoms with van der Waals surface area (Å²) in [6.07, 6.45) is -0.190. The van der Waals surface area contributed by atoms with Crippen LogP contribution in [0.4, 0.5) is 0 Å². The van der Waals surface area contributed by atoms with Gasteiger partial charge in [0.1, 0.15) is 5.41 Å². The first-order valence-corrected chi connectivity index (χ1v) is 9.01. The average molecular weight is 345 g/mol. The molecule has 1 aromatic heterocycles. The molecule has 130 valence electrons. The number of rotatable bonds is 5. The first kappa shape index (κ1) is 17.9. The summed E-state index contributed by atoms with van der Waals surface area (Å²) in [5, 5.41) is 23.9. The molecule has 8 nitrogen and oxygen atoms in total. The van der Waals surface area contributed by atoms with E-state index in [4.69, 9.17) is 0 Å². The third-order valence-electron chi connectivity index (χ3n) is 4.43. The Labute approximate surface area is 135 Å². The highest BCUT2D eigenvalue weighted by Gasteiger charge is 2.51. The molecule has 0 amide bonds. The van der Waals surface area contributed by atoms with Crippen LogP contribution in [-0.2, 0) is 21.9 Å². The van der Waals surface area contributed by atoms with Crippen LogP contribution in [0.3, 0.4) is 0 Å². The topological polar surface area (TPSA) is 113 Å². The Balaban J connectivity index is 2.41. The SMILES string of the molecule is CCC[C@@]1(C(=O)O)CN(S(=O)(=O)c2cc(C)nn2C)CC[C@H]1O. The van der Waals surface area contributed by atoms with Gasteiger partial charge in [-0.3, -0.25) is 9.48 Å². The molecule has 0 bridgehead atoms. The predicted octanol–water partition coefficient (Wildman–Crippen LogP) is 0.355. The van der Waals surface area contributed by atoms with Gasteiger partial charge >= 0.3 is 5.97 Å². The van der Waals surface area contributed by atoms with Crippen LogP contribution in [0.1, 0.15) is 31.9 Å². The van der Waals surface area contributed by atoms with Gasteiger partial charge in [0.2, 0.25) is 0 Å². The van der Waals surface area contributed by atoms with Gasteiger partial charge in [0.15, 0.2) is 5.03 Å². The molecule has 2 heterocycles. The van der Waals surface area contributed by atoms with E-state index in [0.717, 1.165) is 4.31 Å². The number of hydrogen-bond acceptors (Lipinski definition) is 5. The van der Waals surface area contributed by atoms with Crippen LogP contribution in [-0.4, -0.2) is 57.9 Å². The summed E-state index contributed by atoms with van der Waals surface area (Å²) in [6.45, 7) is 3.36. The van der Waals surface area contributed by atoms with Crippen molar-refractivity contribution in [3.05, 3.63) is 11.8 Å². The fourth-order valence-corrected chi connectivity index (χ4v) is 4.92. The average Bonchev–Trinajstić information content (AvgIpc) is 2.80. The summed E-state index contributed by atoms with van der Waals surface area (Å²) in [5.41, 5.74) is -0.894. The molecule has 0 spiro atoms. The fraction of sp³-hybridized carbons (Fsp3) is 0.714. The van der Waals surface area contributed by atoms with E-state index in [1.807, 2.05) is 6.92 Å². The van der Waals surface area contributed by atoms with Gasteiger partial charge in [-0.05, 0) is 25.8 Å². The largest absolute Gasteiger partial charge is 0.481 e. The quantitative estimate of drug-likeness (QED) is 0.796. The Hall–Kier alpha value is -1.45. The molecule has 23 heavy (non-hydrogen) atoms. The number of aromatic nitrogens is 2. The molecule has 2 rings (SSSR count). The standard InChI is InChI=1S/C14H23N3O5S/c1-4-6-14(13(19)20)9-17(7-5-11(14)18)23(21,22)12-8-10(2)15-16(12)3/h8,11,18H,4-7,9H2,1-3H3,(H,19,20)/t11-,14-/m1/s1. The minimum Gasteiger partial charge on any atom is -0.481 e. The number of carboxylic acid groups (broad SMARTS) is 1. The van der Waals surface area contributed by atoms with Gasteiger partial charge in [-0.25, -0.2) is 8.42 Å². The lowest BCUT2D eigenvalue weighted by Crippen LogP contribution is -2.57. The maximum absolute atomic E-state index is 12.8. The second-order valence-electron chi connectivity index (χ2n) is 6.10. The Morgan fingerprint density at radius 2 is 2.17 bits per heavy atom. The molecule has 1 aliphatic heterocycles. The molecular formula is C14H23N3O5S. The zero-order chi connectivity index (χ0) is 17.4. The predicted molar refractivity (Wildman–Crippen MR) is 82.3 cm³/mol. The highest BCUT2D eigenvalue weighted by Crippen LogP contribution is 2.37. The molecule has 9 heteroatoms. The number of carboxylic acids is 1. The van der Waals surface area contributed by atoms with Crippen molar-refractivity contribution in [1.82, 2.24) is 14.1 Å². The van der Waals surface area contributed by atoms with Crippen LogP contribution < -0.4 is 0 Å². The summed E-state index contributed by atoms with van der Waals surface area (Å²) < 4.78 is 28.1. The summed E-state index contributed by atoms with van der Waals surface area (Å²) in [5.74, 6) is -1.16. The Bertz CT molecular complexity index is 699. The smallest absolute Gasteiger partial charge is 0.313 e. The van der Waals surface area contributed by atoms with Crippen molar-refractivity contribution in [2.24, 2.45) is 12.5 Å². The van der Waals surface area contributed by atoms with Crippen LogP contribution in [0.15, 0.2) is 11.1 Å². The Kier molecular flexibility index (Phi) is 4.84. The van der Waals surface area contributed by atoms with E-state index in [-0.39, 0.29) is 31.0 Å². The molecule has 1 saturated heterocycles. The van der Waals surface area contributed by atoms with Gasteiger partial charge < -0.3 is 10.2 Å². The number of aliphatic hydroxyl groups is 1. The minimum atomic E-state index is -3.86. The zero-order valence-electron chi connectivity index (χ0n) is 13.6. The van der Waals surface area contributed by atoms with E-state index in [9.17, 15) is 23.4 Å². The van der Waals surface area contributed by atoms with E-state index in [1.54, 1.807) is 6.92 Å². The van der Waals surface area contributed by atoms with Gasteiger partial charge in [-0.1, -0.05) is 13.3 Å². The lowest BCUT2D eigenvalue weighted by Gasteiger charge is -2.42. The van der Waals surface area contributed by atoms with Crippen LogP contribution in [0.5, 0.6) is 0 Å². The third kappa shape index (κ3) is 3.00. The molecule has 1 fully saturated rings. The number of carbonyl (C=O) groups is 1. The first-order chi connectivity index (χ1) is 10.6. The van der Waals surface area contributed by atoms with Crippen molar-refractivity contribution in [3.8, 4) is 0 Å². The van der Waals surface area contributed by atoms with E-state index < -0.39 is 27.5 Å². The van der Waals surface area contributed by atoms with E-state index in [0.29, 0.717) is 12.1 Å². The number of hydrogen-bond donors (Lipinski definition) is 2. The van der Waals surface area contributed by atoms with Gasteiger partial charge in [-0.2, -0.15) is 9.40 Å². The molecule has 0 saturated carbocycles. The maximum atomic E-state index is 12.8. The maximum Gasteiger partial charge on any atom is 0.313 e. The number of aliphatic carboxylic acids is 1. The van der Waals surface area contributed by atoms with Crippen molar-refractivity contribution in [2.75, 3.05) is 13.1 Å². The van der Waals surface area contributed by atoms with Crippen LogP contribution in [0.2, 0.25) is 0 Å². The molecule has 1 aliphatic rings. The van der Waals surface area contributed by atoms with E-state index in [2.05, 4.69) is 5.10 Å². The summed E-state index contributed by atoms with van der Waals surface area (Å²) in [4.78, 5) is 11.8. The molecule has 1 aromatic rings. The van der Waals surface area contributed by atoms with Crippen LogP contribution in [0, 0.1) is 12.3 Å². The Morgan fingerprint density at radius 1 is 1.52 bits per heavy atom. The number of piperidine rings is 1. The molecule has 0 radical (unpaired) electrons. The van der Waals surface area contributed by atoms with Crippen LogP contribution >= 0.6 is 0 Å². The molecule has 0 aromatic carbocycles. The number of sulfonamides is 1. The summed E-state index contributed by atoms with van der Waals surface area (Å²) in [6, 6.07) is 1.46. The number of nitrogens with zero attached hydrogens (tertiary/aromatic N) is 3. The number of aryl methyl sites for hydroxylation is 2. The number of aliphatic hydroxyl groups excluding tert-OH is 1. The lowest BCUT2D eigenvalue weighted by atomic mass is 9.74. The first-order valence-electron chi connectivity index (χ1n) is 7.57. The molecule has 2 N–H and O–H groups in total. The monoisotopic (exact) mass is 345 g/mol. The van der Waals surface area contributed by atoms with Crippen molar-refractivity contribution in [3.63, 3.8) is 0 Å². The Morgan fingerprint density at radius 3 is 2.65 bits per heavy atom. The van der Waals surface area contributed by atoms with Crippen molar-refractivity contribution < 1.29 is 23.4 Å². The zero-order valence-corrected chi connectivity index (χ0v) is 14.4. The summed E-state index contributed by atoms with van der Waals surface area (Å²) in [7, 11) is -2.32. The van der Waals surface area contributed by atoms with Crippen LogP contribution in [0.25, 0.3) is 0 Å². The van der Waals surface area contributed by atoms with Gasteiger partial charge in [0.25, 0.3) is 10.0 Å².